The van der Waals surface area contributed by atoms with Crippen molar-refractivity contribution in [2.45, 2.75) is 26.7 Å². The first-order chi connectivity index (χ1) is 8.11. The number of hydrogen-bond donors (Lipinski definition) is 0. The van der Waals surface area contributed by atoms with Gasteiger partial charge in [0.2, 0.25) is 0 Å². The first-order valence-electron chi connectivity index (χ1n) is 5.85. The number of nitrogens with zero attached hydrogens (tertiary/aromatic N) is 1. The van der Waals surface area contributed by atoms with Gasteiger partial charge >= 0.3 is 0 Å². The first kappa shape index (κ1) is 14.2. The fraction of sp³-hybridized carbons (Fsp3) is 0.462. The van der Waals surface area contributed by atoms with Crippen molar-refractivity contribution in [2.24, 2.45) is 0 Å². The molecule has 0 atom stereocenters. The van der Waals surface area contributed by atoms with Crippen molar-refractivity contribution in [1.82, 2.24) is 4.90 Å². The zero-order valence-electron chi connectivity index (χ0n) is 10.2. The Labute approximate surface area is 110 Å². The Bertz CT molecular complexity index is 369. The minimum atomic E-state index is -0.471. The molecule has 0 unspecified atom stereocenters. The Morgan fingerprint density at radius 3 is 2.35 bits per heavy atom. The van der Waals surface area contributed by atoms with Crippen LogP contribution in [-0.4, -0.2) is 23.9 Å². The molecule has 0 saturated carbocycles. The second-order valence-corrected chi connectivity index (χ2v) is 4.74. The van der Waals surface area contributed by atoms with Gasteiger partial charge in [-0.2, -0.15) is 0 Å². The molecule has 94 valence electrons. The van der Waals surface area contributed by atoms with Crippen LogP contribution in [-0.2, 0) is 0 Å². The smallest absolute Gasteiger partial charge is 0.257 e. The number of carbonyl (C=O) groups excluding carboxylic acids is 1. The second-order valence-electron chi connectivity index (χ2n) is 3.89. The van der Waals surface area contributed by atoms with Gasteiger partial charge in [0.05, 0.1) is 5.56 Å². The van der Waals surface area contributed by atoms with E-state index in [-0.39, 0.29) is 11.5 Å². The summed E-state index contributed by atoms with van der Waals surface area (Å²) in [4.78, 5) is 13.9. The van der Waals surface area contributed by atoms with Crippen molar-refractivity contribution in [3.05, 3.63) is 34.1 Å². The van der Waals surface area contributed by atoms with Gasteiger partial charge in [-0.05, 0) is 40.9 Å². The van der Waals surface area contributed by atoms with E-state index in [1.165, 1.54) is 6.07 Å². The number of carbonyl (C=O) groups is 1. The summed E-state index contributed by atoms with van der Waals surface area (Å²) in [6.07, 6.45) is 1.75. The largest absolute Gasteiger partial charge is 0.339 e. The lowest BCUT2D eigenvalue weighted by atomic mass is 10.1. The van der Waals surface area contributed by atoms with Gasteiger partial charge in [0.15, 0.2) is 0 Å². The second kappa shape index (κ2) is 6.74. The summed E-state index contributed by atoms with van der Waals surface area (Å²) < 4.78 is 14.2. The lowest BCUT2D eigenvalue weighted by Gasteiger charge is -2.22. The number of amides is 1. The Morgan fingerprint density at radius 2 is 1.88 bits per heavy atom. The highest BCUT2D eigenvalue weighted by atomic mass is 79.9. The molecular formula is C13H17BrFNO. The third kappa shape index (κ3) is 3.53. The monoisotopic (exact) mass is 301 g/mol. The Kier molecular flexibility index (Phi) is 5.62. The number of benzene rings is 1. The highest BCUT2D eigenvalue weighted by Crippen LogP contribution is 2.21. The average molecular weight is 302 g/mol. The van der Waals surface area contributed by atoms with Gasteiger partial charge in [-0.25, -0.2) is 4.39 Å². The van der Waals surface area contributed by atoms with E-state index in [1.807, 2.05) is 13.8 Å². The fourth-order valence-corrected chi connectivity index (χ4v) is 2.23. The zero-order valence-corrected chi connectivity index (χ0v) is 11.8. The highest BCUT2D eigenvalue weighted by molar-refractivity contribution is 9.10. The number of hydrogen-bond acceptors (Lipinski definition) is 1. The molecule has 0 heterocycles. The molecule has 0 radical (unpaired) electrons. The van der Waals surface area contributed by atoms with Gasteiger partial charge in [-0.15, -0.1) is 0 Å². The maximum Gasteiger partial charge on any atom is 0.257 e. The normalized spacial score (nSPS) is 10.4. The van der Waals surface area contributed by atoms with E-state index in [0.29, 0.717) is 17.6 Å². The summed E-state index contributed by atoms with van der Waals surface area (Å²) in [7, 11) is 0. The highest BCUT2D eigenvalue weighted by Gasteiger charge is 2.20. The van der Waals surface area contributed by atoms with E-state index in [9.17, 15) is 9.18 Å². The van der Waals surface area contributed by atoms with Crippen LogP contribution in [0.15, 0.2) is 22.7 Å². The molecule has 0 aliphatic heterocycles. The lowest BCUT2D eigenvalue weighted by Crippen LogP contribution is -2.33. The van der Waals surface area contributed by atoms with Gasteiger partial charge < -0.3 is 4.90 Å². The van der Waals surface area contributed by atoms with Crippen LogP contribution in [0.3, 0.4) is 0 Å². The van der Waals surface area contributed by atoms with Crippen LogP contribution in [0.4, 0.5) is 4.39 Å². The molecule has 0 spiro atoms. The van der Waals surface area contributed by atoms with Crippen LogP contribution < -0.4 is 0 Å². The molecule has 1 aromatic carbocycles. The molecule has 0 aromatic heterocycles. The van der Waals surface area contributed by atoms with Crippen LogP contribution >= 0.6 is 15.9 Å². The van der Waals surface area contributed by atoms with Gasteiger partial charge in [0, 0.05) is 17.6 Å². The van der Waals surface area contributed by atoms with Crippen LogP contribution in [0.1, 0.15) is 37.0 Å². The van der Waals surface area contributed by atoms with Crippen molar-refractivity contribution in [1.29, 1.82) is 0 Å². The van der Waals surface area contributed by atoms with Crippen LogP contribution in [0.25, 0.3) is 0 Å². The van der Waals surface area contributed by atoms with E-state index in [4.69, 9.17) is 0 Å². The van der Waals surface area contributed by atoms with Crippen LogP contribution in [0.2, 0.25) is 0 Å². The third-order valence-corrected chi connectivity index (χ3v) is 3.11. The van der Waals surface area contributed by atoms with Crippen molar-refractivity contribution >= 4 is 21.8 Å². The summed E-state index contributed by atoms with van der Waals surface area (Å²) in [5.41, 5.74) is 0.134. The van der Waals surface area contributed by atoms with Crippen LogP contribution in [0, 0.1) is 5.82 Å². The Morgan fingerprint density at radius 1 is 1.29 bits per heavy atom. The topological polar surface area (TPSA) is 20.3 Å². The summed E-state index contributed by atoms with van der Waals surface area (Å²) in [5.74, 6) is -0.708. The predicted octanol–water partition coefficient (Wildman–Crippen LogP) is 3.85. The molecule has 0 fully saturated rings. The molecule has 1 amide bonds. The molecular weight excluding hydrogens is 285 g/mol. The maximum atomic E-state index is 13.7. The van der Waals surface area contributed by atoms with E-state index in [0.717, 1.165) is 12.8 Å². The Balaban J connectivity index is 3.00. The first-order valence-corrected chi connectivity index (χ1v) is 6.64. The molecule has 0 aliphatic rings. The minimum Gasteiger partial charge on any atom is -0.339 e. The van der Waals surface area contributed by atoms with Crippen LogP contribution in [0.5, 0.6) is 0 Å². The molecule has 4 heteroatoms. The van der Waals surface area contributed by atoms with Gasteiger partial charge in [-0.3, -0.25) is 4.79 Å². The lowest BCUT2D eigenvalue weighted by molar-refractivity contribution is 0.0750. The predicted molar refractivity (Wildman–Crippen MR) is 70.6 cm³/mol. The Hall–Kier alpha value is -0.900. The quantitative estimate of drug-likeness (QED) is 0.809. The summed E-state index contributed by atoms with van der Waals surface area (Å²) in [6, 6.07) is 4.58. The standard InChI is InChI=1S/C13H17BrFNO/c1-3-8-16(9-4-2)13(17)12-10(14)6-5-7-11(12)15/h5-7H,3-4,8-9H2,1-2H3. The molecule has 0 saturated heterocycles. The molecule has 1 rings (SSSR count). The molecule has 1 aromatic rings. The molecule has 0 N–H and O–H groups in total. The van der Waals surface area contributed by atoms with Gasteiger partial charge in [0.1, 0.15) is 5.82 Å². The van der Waals surface area contributed by atoms with E-state index in [2.05, 4.69) is 15.9 Å². The molecule has 17 heavy (non-hydrogen) atoms. The fourth-order valence-electron chi connectivity index (χ4n) is 1.71. The van der Waals surface area contributed by atoms with E-state index >= 15 is 0 Å². The molecule has 0 aliphatic carbocycles. The van der Waals surface area contributed by atoms with Gasteiger partial charge in [-0.1, -0.05) is 19.9 Å². The minimum absolute atomic E-state index is 0.134. The van der Waals surface area contributed by atoms with E-state index in [1.54, 1.807) is 17.0 Å². The van der Waals surface area contributed by atoms with Crippen molar-refractivity contribution in [3.8, 4) is 0 Å². The summed E-state index contributed by atoms with van der Waals surface area (Å²) in [5, 5.41) is 0. The molecule has 0 bridgehead atoms. The SMILES string of the molecule is CCCN(CCC)C(=O)c1c(F)cccc1Br. The van der Waals surface area contributed by atoms with Crippen molar-refractivity contribution in [3.63, 3.8) is 0 Å². The number of halogens is 2. The van der Waals surface area contributed by atoms with Crippen molar-refractivity contribution in [2.75, 3.05) is 13.1 Å². The van der Waals surface area contributed by atoms with Gasteiger partial charge in [0.25, 0.3) is 5.91 Å². The summed E-state index contributed by atoms with van der Waals surface area (Å²) in [6.45, 7) is 5.33. The van der Waals surface area contributed by atoms with E-state index < -0.39 is 5.82 Å². The molecule has 2 nitrogen and oxygen atoms in total. The van der Waals surface area contributed by atoms with Crippen molar-refractivity contribution < 1.29 is 9.18 Å². The zero-order chi connectivity index (χ0) is 12.8. The maximum absolute atomic E-state index is 13.7. The number of rotatable bonds is 5. The average Bonchev–Trinajstić information content (AvgIpc) is 2.28. The third-order valence-electron chi connectivity index (χ3n) is 2.45. The summed E-state index contributed by atoms with van der Waals surface area (Å²) >= 11 is 3.23.